The van der Waals surface area contributed by atoms with Gasteiger partial charge in [-0.15, -0.1) is 36.2 Å². The fourth-order valence-corrected chi connectivity index (χ4v) is 2.29. The van der Waals surface area contributed by atoms with Gasteiger partial charge in [0.15, 0.2) is 0 Å². The van der Waals surface area contributed by atoms with Crippen molar-refractivity contribution in [3.05, 3.63) is 29.0 Å². The van der Waals surface area contributed by atoms with E-state index in [0.29, 0.717) is 30.4 Å². The van der Waals surface area contributed by atoms with Crippen LogP contribution in [0.4, 0.5) is 0 Å². The monoisotopic (exact) mass is 351 g/mol. The predicted molar refractivity (Wildman–Crippen MR) is 89.4 cm³/mol. The maximum Gasteiger partial charge on any atom is 0.236 e. The summed E-state index contributed by atoms with van der Waals surface area (Å²) in [4.78, 5) is 17.1. The maximum absolute atomic E-state index is 11.7. The Morgan fingerprint density at radius 3 is 2.86 bits per heavy atom. The molecule has 0 radical (unpaired) electrons. The number of aryl methyl sites for hydroxylation is 1. The van der Waals surface area contributed by atoms with Crippen LogP contribution in [0.2, 0.25) is 0 Å². The third kappa shape index (κ3) is 5.67. The van der Waals surface area contributed by atoms with Crippen LogP contribution in [-0.2, 0) is 11.2 Å². The van der Waals surface area contributed by atoms with Crippen molar-refractivity contribution in [2.45, 2.75) is 19.8 Å². The highest BCUT2D eigenvalue weighted by atomic mass is 35.5. The number of oxazole rings is 1. The Balaban J connectivity index is 0.00000200. The molecule has 0 unspecified atom stereocenters. The van der Waals surface area contributed by atoms with E-state index in [1.165, 1.54) is 0 Å². The number of rotatable bonds is 6. The van der Waals surface area contributed by atoms with E-state index in [4.69, 9.17) is 10.2 Å². The van der Waals surface area contributed by atoms with Gasteiger partial charge in [-0.3, -0.25) is 4.79 Å². The molecule has 5 nitrogen and oxygen atoms in total. The molecule has 0 bridgehead atoms. The smallest absolute Gasteiger partial charge is 0.236 e. The van der Waals surface area contributed by atoms with E-state index in [0.717, 1.165) is 11.3 Å². The van der Waals surface area contributed by atoms with Gasteiger partial charge < -0.3 is 15.5 Å². The minimum Gasteiger partial charge on any atom is -0.440 e. The number of hydrogen-bond acceptors (Lipinski definition) is 5. The molecule has 2 heterocycles. The number of hydrogen-bond donors (Lipinski definition) is 2. The van der Waals surface area contributed by atoms with Gasteiger partial charge in [0, 0.05) is 6.54 Å². The number of halogens is 2. The summed E-state index contributed by atoms with van der Waals surface area (Å²) >= 11 is 1.56. The largest absolute Gasteiger partial charge is 0.440 e. The normalized spacial score (nSPS) is 9.62. The average Bonchev–Trinajstić information content (AvgIpc) is 3.00. The van der Waals surface area contributed by atoms with Crippen LogP contribution >= 0.6 is 36.2 Å². The fourth-order valence-electron chi connectivity index (χ4n) is 1.64. The minimum absolute atomic E-state index is 0. The zero-order chi connectivity index (χ0) is 13.7. The van der Waals surface area contributed by atoms with Crippen molar-refractivity contribution in [2.24, 2.45) is 5.73 Å². The molecule has 0 atom stereocenters. The van der Waals surface area contributed by atoms with Crippen LogP contribution in [0.25, 0.3) is 10.8 Å². The van der Waals surface area contributed by atoms with Crippen LogP contribution < -0.4 is 11.1 Å². The topological polar surface area (TPSA) is 81.2 Å². The summed E-state index contributed by atoms with van der Waals surface area (Å²) in [6.45, 7) is 3.00. The first-order chi connectivity index (χ1) is 9.20. The molecule has 1 amide bonds. The molecule has 0 saturated heterocycles. The van der Waals surface area contributed by atoms with Gasteiger partial charge in [0.2, 0.25) is 11.8 Å². The first-order valence-corrected chi connectivity index (χ1v) is 7.05. The lowest BCUT2D eigenvalue weighted by Gasteiger charge is -2.02. The van der Waals surface area contributed by atoms with Crippen molar-refractivity contribution < 1.29 is 9.21 Å². The van der Waals surface area contributed by atoms with Gasteiger partial charge in [-0.25, -0.2) is 4.98 Å². The summed E-state index contributed by atoms with van der Waals surface area (Å²) in [5, 5.41) is 4.77. The molecule has 0 fully saturated rings. The summed E-state index contributed by atoms with van der Waals surface area (Å²) in [5.74, 6) is 1.22. The molecule has 0 saturated carbocycles. The van der Waals surface area contributed by atoms with Gasteiger partial charge in [-0.2, -0.15) is 0 Å². The number of nitrogens with two attached hydrogens (primary N) is 1. The highest BCUT2D eigenvalue weighted by Gasteiger charge is 2.14. The molecular formula is C13H19Cl2N3O2S. The van der Waals surface area contributed by atoms with Crippen molar-refractivity contribution in [3.8, 4) is 10.8 Å². The summed E-state index contributed by atoms with van der Waals surface area (Å²) < 4.78 is 5.58. The second-order valence-corrected chi connectivity index (χ2v) is 5.12. The number of carbonyl (C=O) groups excluding carboxylic acids is 1. The van der Waals surface area contributed by atoms with Crippen LogP contribution in [0, 0.1) is 6.92 Å². The standard InChI is InChI=1S/C13H17N3O2S.2ClH/c1-9-10(8-12(17)15-6-3-5-14)16-13(18-9)11-4-2-7-19-11;;/h2,4,7H,3,5-6,8,14H2,1H3,(H,15,17);2*1H. The molecule has 2 aromatic heterocycles. The lowest BCUT2D eigenvalue weighted by atomic mass is 10.2. The third-order valence-electron chi connectivity index (χ3n) is 2.66. The van der Waals surface area contributed by atoms with Crippen LogP contribution in [-0.4, -0.2) is 24.0 Å². The number of nitrogens with zero attached hydrogens (tertiary/aromatic N) is 1. The Kier molecular flexibility index (Phi) is 9.28. The van der Waals surface area contributed by atoms with Crippen LogP contribution in [0.15, 0.2) is 21.9 Å². The Labute approximate surface area is 140 Å². The Bertz CT molecular complexity index is 544. The average molecular weight is 352 g/mol. The molecule has 0 aromatic carbocycles. The van der Waals surface area contributed by atoms with Crippen LogP contribution in [0.1, 0.15) is 17.9 Å². The molecule has 2 rings (SSSR count). The molecule has 2 aromatic rings. The molecule has 3 N–H and O–H groups in total. The SMILES string of the molecule is Cc1oc(-c2cccs2)nc1CC(=O)NCCCN.Cl.Cl. The number of nitrogens with one attached hydrogen (secondary N) is 1. The summed E-state index contributed by atoms with van der Waals surface area (Å²) in [6, 6.07) is 3.89. The number of aromatic nitrogens is 1. The second-order valence-electron chi connectivity index (χ2n) is 4.17. The third-order valence-corrected chi connectivity index (χ3v) is 3.51. The van der Waals surface area contributed by atoms with E-state index in [1.54, 1.807) is 11.3 Å². The quantitative estimate of drug-likeness (QED) is 0.783. The van der Waals surface area contributed by atoms with Gasteiger partial charge in [-0.05, 0) is 31.3 Å². The zero-order valence-electron chi connectivity index (χ0n) is 11.6. The predicted octanol–water partition coefficient (Wildman–Crippen LogP) is 2.56. The molecular weight excluding hydrogens is 333 g/mol. The van der Waals surface area contributed by atoms with Crippen molar-refractivity contribution >= 4 is 42.1 Å². The first kappa shape index (κ1) is 19.9. The number of thiophene rings is 1. The van der Waals surface area contributed by atoms with Crippen molar-refractivity contribution in [1.29, 1.82) is 0 Å². The highest BCUT2D eigenvalue weighted by molar-refractivity contribution is 7.13. The fraction of sp³-hybridized carbons (Fsp3) is 0.385. The van der Waals surface area contributed by atoms with Gasteiger partial charge >= 0.3 is 0 Å². The van der Waals surface area contributed by atoms with Crippen molar-refractivity contribution in [1.82, 2.24) is 10.3 Å². The summed E-state index contributed by atoms with van der Waals surface area (Å²) in [5.41, 5.74) is 6.06. The van der Waals surface area contributed by atoms with E-state index in [1.807, 2.05) is 24.4 Å². The molecule has 8 heteroatoms. The van der Waals surface area contributed by atoms with Gasteiger partial charge in [0.25, 0.3) is 0 Å². The van der Waals surface area contributed by atoms with Crippen molar-refractivity contribution in [3.63, 3.8) is 0 Å². The highest BCUT2D eigenvalue weighted by Crippen LogP contribution is 2.25. The molecule has 0 aliphatic rings. The number of amides is 1. The Morgan fingerprint density at radius 2 is 2.24 bits per heavy atom. The minimum atomic E-state index is -0.0532. The lowest BCUT2D eigenvalue weighted by molar-refractivity contribution is -0.120. The molecule has 21 heavy (non-hydrogen) atoms. The lowest BCUT2D eigenvalue weighted by Crippen LogP contribution is -2.27. The van der Waals surface area contributed by atoms with Crippen LogP contribution in [0.3, 0.4) is 0 Å². The van der Waals surface area contributed by atoms with E-state index in [9.17, 15) is 4.79 Å². The Morgan fingerprint density at radius 1 is 1.48 bits per heavy atom. The van der Waals surface area contributed by atoms with E-state index < -0.39 is 0 Å². The maximum atomic E-state index is 11.7. The van der Waals surface area contributed by atoms with Gasteiger partial charge in [0.05, 0.1) is 17.0 Å². The molecule has 0 spiro atoms. The van der Waals surface area contributed by atoms with Gasteiger partial charge in [-0.1, -0.05) is 6.07 Å². The van der Waals surface area contributed by atoms with Crippen molar-refractivity contribution in [2.75, 3.05) is 13.1 Å². The van der Waals surface area contributed by atoms with E-state index in [2.05, 4.69) is 10.3 Å². The number of carbonyl (C=O) groups is 1. The van der Waals surface area contributed by atoms with Crippen LogP contribution in [0.5, 0.6) is 0 Å². The van der Waals surface area contributed by atoms with E-state index in [-0.39, 0.29) is 37.1 Å². The molecule has 0 aliphatic heterocycles. The first-order valence-electron chi connectivity index (χ1n) is 6.17. The Hall–Kier alpha value is -1.08. The van der Waals surface area contributed by atoms with Gasteiger partial charge in [0.1, 0.15) is 5.76 Å². The zero-order valence-corrected chi connectivity index (χ0v) is 14.1. The summed E-state index contributed by atoms with van der Waals surface area (Å²) in [7, 11) is 0. The molecule has 118 valence electrons. The second kappa shape index (κ2) is 9.78. The van der Waals surface area contributed by atoms with E-state index >= 15 is 0 Å². The molecule has 0 aliphatic carbocycles. The summed E-state index contributed by atoms with van der Waals surface area (Å²) in [6.07, 6.45) is 1.02.